The summed E-state index contributed by atoms with van der Waals surface area (Å²) in [5, 5.41) is 30.7. The molecule has 0 saturated heterocycles. The Kier molecular flexibility index (Phi) is 4.52. The second kappa shape index (κ2) is 6.34. The van der Waals surface area contributed by atoms with E-state index in [1.54, 1.807) is 0 Å². The van der Waals surface area contributed by atoms with Crippen LogP contribution in [0.2, 0.25) is 0 Å². The molecule has 0 unspecified atom stereocenters. The van der Waals surface area contributed by atoms with Gasteiger partial charge in [0.25, 0.3) is 5.69 Å². The zero-order valence-electron chi connectivity index (χ0n) is 11.2. The highest BCUT2D eigenvalue weighted by Gasteiger charge is 2.25. The molecule has 0 aromatic heterocycles. The van der Waals surface area contributed by atoms with E-state index in [4.69, 9.17) is 5.73 Å². The van der Waals surface area contributed by atoms with Gasteiger partial charge < -0.3 is 15.9 Å². The molecule has 0 heterocycles. The van der Waals surface area contributed by atoms with Crippen LogP contribution in [-0.4, -0.2) is 21.2 Å². The van der Waals surface area contributed by atoms with Crippen molar-refractivity contribution in [1.82, 2.24) is 0 Å². The summed E-state index contributed by atoms with van der Waals surface area (Å²) < 4.78 is 0. The van der Waals surface area contributed by atoms with Gasteiger partial charge >= 0.3 is 0 Å². The molecule has 21 heavy (non-hydrogen) atoms. The lowest BCUT2D eigenvalue weighted by atomic mass is 9.95. The Labute approximate surface area is 121 Å². The average Bonchev–Trinajstić information content (AvgIpc) is 2.47. The van der Waals surface area contributed by atoms with Crippen LogP contribution in [0.3, 0.4) is 0 Å². The Morgan fingerprint density at radius 3 is 2.48 bits per heavy atom. The van der Waals surface area contributed by atoms with E-state index in [-0.39, 0.29) is 23.4 Å². The van der Waals surface area contributed by atoms with Gasteiger partial charge in [0.05, 0.1) is 22.6 Å². The largest absolute Gasteiger partial charge is 0.508 e. The lowest BCUT2D eigenvalue weighted by Gasteiger charge is -2.19. The van der Waals surface area contributed by atoms with Gasteiger partial charge in [-0.1, -0.05) is 30.3 Å². The Morgan fingerprint density at radius 1 is 1.19 bits per heavy atom. The summed E-state index contributed by atoms with van der Waals surface area (Å²) in [6.07, 6.45) is -0.720. The molecular weight excluding hydrogens is 272 g/mol. The van der Waals surface area contributed by atoms with Crippen LogP contribution in [0.15, 0.2) is 48.5 Å². The van der Waals surface area contributed by atoms with Gasteiger partial charge in [0.1, 0.15) is 5.75 Å². The smallest absolute Gasteiger partial charge is 0.274 e. The van der Waals surface area contributed by atoms with Crippen LogP contribution in [0.25, 0.3) is 0 Å². The Morgan fingerprint density at radius 2 is 1.86 bits per heavy atom. The third-order valence-electron chi connectivity index (χ3n) is 3.27. The maximum Gasteiger partial charge on any atom is 0.274 e. The van der Waals surface area contributed by atoms with Gasteiger partial charge in [-0.05, 0) is 17.7 Å². The predicted molar refractivity (Wildman–Crippen MR) is 77.8 cm³/mol. The minimum absolute atomic E-state index is 0.114. The van der Waals surface area contributed by atoms with Gasteiger partial charge in [0, 0.05) is 12.5 Å². The molecule has 2 aromatic carbocycles. The number of nitro benzene ring substituents is 1. The normalized spacial score (nSPS) is 13.6. The molecule has 0 saturated carbocycles. The molecule has 2 aromatic rings. The Bertz CT molecular complexity index is 631. The molecule has 0 aliphatic carbocycles. The van der Waals surface area contributed by atoms with Gasteiger partial charge in [-0.25, -0.2) is 0 Å². The van der Waals surface area contributed by atoms with Crippen molar-refractivity contribution in [2.45, 2.75) is 18.6 Å². The number of hydrogen-bond donors (Lipinski definition) is 3. The summed E-state index contributed by atoms with van der Waals surface area (Å²) in [7, 11) is 0. The molecule has 6 nitrogen and oxygen atoms in total. The standard InChI is InChI=1S/C15H16N2O4/c16-15(14(19)8-10-4-2-1-3-5-10)12-9-11(18)6-7-13(12)17(20)21/h1-7,9,14-15,18-19H,8,16H2/t14-,15+/m0/s1. The number of hydrogen-bond acceptors (Lipinski definition) is 5. The van der Waals surface area contributed by atoms with E-state index in [9.17, 15) is 20.3 Å². The average molecular weight is 288 g/mol. The molecule has 2 rings (SSSR count). The summed E-state index contributed by atoms with van der Waals surface area (Å²) in [5.41, 5.74) is 6.71. The number of benzene rings is 2. The molecule has 0 radical (unpaired) electrons. The van der Waals surface area contributed by atoms with Crippen LogP contribution in [-0.2, 0) is 6.42 Å². The third-order valence-corrected chi connectivity index (χ3v) is 3.27. The van der Waals surface area contributed by atoms with Gasteiger partial charge in [-0.3, -0.25) is 10.1 Å². The van der Waals surface area contributed by atoms with Gasteiger partial charge in [0.15, 0.2) is 0 Å². The summed E-state index contributed by atoms with van der Waals surface area (Å²) >= 11 is 0. The fourth-order valence-corrected chi connectivity index (χ4v) is 2.16. The maximum atomic E-state index is 11.0. The van der Waals surface area contributed by atoms with Crippen molar-refractivity contribution in [2.75, 3.05) is 0 Å². The number of nitro groups is 1. The van der Waals surface area contributed by atoms with Gasteiger partial charge in [-0.15, -0.1) is 0 Å². The van der Waals surface area contributed by atoms with Crippen LogP contribution in [0.1, 0.15) is 17.2 Å². The number of aliphatic hydroxyl groups excluding tert-OH is 1. The number of phenolic OH excluding ortho intramolecular Hbond substituents is 1. The summed E-state index contributed by atoms with van der Waals surface area (Å²) in [5.74, 6) is -0.127. The number of nitrogens with zero attached hydrogens (tertiary/aromatic N) is 1. The lowest BCUT2D eigenvalue weighted by Crippen LogP contribution is -2.28. The van der Waals surface area contributed by atoms with E-state index in [1.807, 2.05) is 30.3 Å². The topological polar surface area (TPSA) is 110 Å². The van der Waals surface area contributed by atoms with Crippen LogP contribution in [0, 0.1) is 10.1 Å². The molecule has 0 bridgehead atoms. The predicted octanol–water partition coefficient (Wildman–Crippen LogP) is 1.90. The molecule has 110 valence electrons. The molecule has 0 aliphatic rings. The fraction of sp³-hybridized carbons (Fsp3) is 0.200. The summed E-state index contributed by atoms with van der Waals surface area (Å²) in [6, 6.07) is 11.9. The molecular formula is C15H16N2O4. The molecule has 2 atom stereocenters. The zero-order chi connectivity index (χ0) is 15.4. The van der Waals surface area contributed by atoms with E-state index in [1.165, 1.54) is 18.2 Å². The van der Waals surface area contributed by atoms with Crippen LogP contribution < -0.4 is 5.73 Å². The second-order valence-corrected chi connectivity index (χ2v) is 4.78. The fourth-order valence-electron chi connectivity index (χ4n) is 2.16. The first-order valence-corrected chi connectivity index (χ1v) is 6.44. The van der Waals surface area contributed by atoms with Crippen molar-refractivity contribution in [1.29, 1.82) is 0 Å². The summed E-state index contributed by atoms with van der Waals surface area (Å²) in [6.45, 7) is 0. The van der Waals surface area contributed by atoms with E-state index >= 15 is 0 Å². The van der Waals surface area contributed by atoms with Crippen molar-refractivity contribution in [2.24, 2.45) is 5.73 Å². The van der Waals surface area contributed by atoms with E-state index in [0.29, 0.717) is 0 Å². The number of nitrogens with two attached hydrogens (primary N) is 1. The zero-order valence-corrected chi connectivity index (χ0v) is 11.2. The minimum Gasteiger partial charge on any atom is -0.508 e. The summed E-state index contributed by atoms with van der Waals surface area (Å²) in [4.78, 5) is 10.4. The van der Waals surface area contributed by atoms with E-state index in [0.717, 1.165) is 5.56 Å². The molecule has 0 aliphatic heterocycles. The Hall–Kier alpha value is -2.44. The SMILES string of the molecule is N[C@H](c1cc(O)ccc1[N+](=O)[O-])[C@@H](O)Cc1ccccc1. The van der Waals surface area contributed by atoms with Crippen molar-refractivity contribution < 1.29 is 15.1 Å². The van der Waals surface area contributed by atoms with Crippen LogP contribution >= 0.6 is 0 Å². The first-order valence-electron chi connectivity index (χ1n) is 6.44. The molecule has 0 amide bonds. The number of aromatic hydroxyl groups is 1. The highest BCUT2D eigenvalue weighted by Crippen LogP contribution is 2.30. The second-order valence-electron chi connectivity index (χ2n) is 4.78. The highest BCUT2D eigenvalue weighted by molar-refractivity contribution is 5.47. The maximum absolute atomic E-state index is 11.0. The quantitative estimate of drug-likeness (QED) is 0.575. The Balaban J connectivity index is 2.24. The lowest BCUT2D eigenvalue weighted by molar-refractivity contribution is -0.385. The van der Waals surface area contributed by atoms with Crippen molar-refractivity contribution >= 4 is 5.69 Å². The van der Waals surface area contributed by atoms with Gasteiger partial charge in [-0.2, -0.15) is 0 Å². The number of phenols is 1. The first kappa shape index (κ1) is 15.0. The number of rotatable bonds is 5. The molecule has 0 fully saturated rings. The third kappa shape index (κ3) is 3.56. The highest BCUT2D eigenvalue weighted by atomic mass is 16.6. The minimum atomic E-state index is -0.993. The van der Waals surface area contributed by atoms with Crippen LogP contribution in [0.4, 0.5) is 5.69 Å². The molecule has 4 N–H and O–H groups in total. The van der Waals surface area contributed by atoms with Gasteiger partial charge in [0.2, 0.25) is 0 Å². The first-order chi connectivity index (χ1) is 9.99. The van der Waals surface area contributed by atoms with E-state index in [2.05, 4.69) is 0 Å². The number of aliphatic hydroxyl groups is 1. The molecule has 6 heteroatoms. The van der Waals surface area contributed by atoms with E-state index < -0.39 is 17.1 Å². The van der Waals surface area contributed by atoms with Crippen LogP contribution in [0.5, 0.6) is 5.75 Å². The van der Waals surface area contributed by atoms with Crippen molar-refractivity contribution in [3.8, 4) is 5.75 Å². The molecule has 0 spiro atoms. The van der Waals surface area contributed by atoms with Crippen molar-refractivity contribution in [3.05, 3.63) is 69.8 Å². The van der Waals surface area contributed by atoms with Crippen molar-refractivity contribution in [3.63, 3.8) is 0 Å². The monoisotopic (exact) mass is 288 g/mol.